The standard InChI is InChI=1S/C14H17NO3/c1-4-6-11(14(17)18)15-13(16)12-9(2)7-5-8-10(12)3/h4-5,7-8,11H,1,6H2,2-3H3,(H,15,16)(H,17,18). The minimum atomic E-state index is -1.06. The number of hydrogen-bond acceptors (Lipinski definition) is 2. The second-order valence-electron chi connectivity index (χ2n) is 4.16. The van der Waals surface area contributed by atoms with Gasteiger partial charge < -0.3 is 10.4 Å². The van der Waals surface area contributed by atoms with E-state index in [2.05, 4.69) is 11.9 Å². The van der Waals surface area contributed by atoms with Crippen LogP contribution in [0.5, 0.6) is 0 Å². The molecule has 0 aliphatic heterocycles. The van der Waals surface area contributed by atoms with Gasteiger partial charge >= 0.3 is 5.97 Å². The summed E-state index contributed by atoms with van der Waals surface area (Å²) >= 11 is 0. The molecular weight excluding hydrogens is 230 g/mol. The number of carboxylic acids is 1. The van der Waals surface area contributed by atoms with Gasteiger partial charge in [0.25, 0.3) is 5.91 Å². The second-order valence-corrected chi connectivity index (χ2v) is 4.16. The number of aryl methyl sites for hydroxylation is 2. The highest BCUT2D eigenvalue weighted by atomic mass is 16.4. The monoisotopic (exact) mass is 247 g/mol. The van der Waals surface area contributed by atoms with Crippen molar-refractivity contribution in [2.45, 2.75) is 26.3 Å². The Balaban J connectivity index is 2.94. The predicted octanol–water partition coefficient (Wildman–Crippen LogP) is 2.06. The molecule has 0 bridgehead atoms. The molecule has 18 heavy (non-hydrogen) atoms. The van der Waals surface area contributed by atoms with E-state index in [4.69, 9.17) is 5.11 Å². The summed E-state index contributed by atoms with van der Waals surface area (Å²) in [4.78, 5) is 23.0. The highest BCUT2D eigenvalue weighted by Crippen LogP contribution is 2.13. The molecule has 96 valence electrons. The van der Waals surface area contributed by atoms with Crippen LogP contribution in [0.1, 0.15) is 27.9 Å². The summed E-state index contributed by atoms with van der Waals surface area (Å²) in [5, 5.41) is 11.5. The number of amides is 1. The van der Waals surface area contributed by atoms with Gasteiger partial charge in [-0.15, -0.1) is 6.58 Å². The van der Waals surface area contributed by atoms with Crippen LogP contribution in [0.4, 0.5) is 0 Å². The van der Waals surface area contributed by atoms with Gasteiger partial charge in [0.1, 0.15) is 6.04 Å². The molecule has 0 heterocycles. The fourth-order valence-corrected chi connectivity index (χ4v) is 1.79. The van der Waals surface area contributed by atoms with E-state index >= 15 is 0 Å². The molecule has 0 aliphatic rings. The fraction of sp³-hybridized carbons (Fsp3) is 0.286. The zero-order chi connectivity index (χ0) is 13.7. The van der Waals surface area contributed by atoms with Gasteiger partial charge in [-0.1, -0.05) is 24.3 Å². The summed E-state index contributed by atoms with van der Waals surface area (Å²) < 4.78 is 0. The van der Waals surface area contributed by atoms with Gasteiger partial charge in [-0.05, 0) is 31.4 Å². The van der Waals surface area contributed by atoms with E-state index in [0.29, 0.717) is 5.56 Å². The van der Waals surface area contributed by atoms with Crippen LogP contribution in [0.15, 0.2) is 30.9 Å². The third kappa shape index (κ3) is 3.20. The molecule has 0 spiro atoms. The van der Waals surface area contributed by atoms with Crippen molar-refractivity contribution in [3.63, 3.8) is 0 Å². The third-order valence-corrected chi connectivity index (χ3v) is 2.71. The van der Waals surface area contributed by atoms with Crippen LogP contribution >= 0.6 is 0 Å². The first-order chi connectivity index (χ1) is 8.47. The van der Waals surface area contributed by atoms with Gasteiger partial charge in [-0.2, -0.15) is 0 Å². The van der Waals surface area contributed by atoms with Crippen LogP contribution in [-0.4, -0.2) is 23.0 Å². The molecule has 0 radical (unpaired) electrons. The van der Waals surface area contributed by atoms with Crippen molar-refractivity contribution in [1.29, 1.82) is 0 Å². The number of hydrogen-bond donors (Lipinski definition) is 2. The predicted molar refractivity (Wildman–Crippen MR) is 69.6 cm³/mol. The molecule has 0 fully saturated rings. The van der Waals surface area contributed by atoms with Gasteiger partial charge in [0.05, 0.1) is 0 Å². The SMILES string of the molecule is C=CCC(NC(=O)c1c(C)cccc1C)C(=O)O. The summed E-state index contributed by atoms with van der Waals surface area (Å²) in [5.74, 6) is -1.42. The van der Waals surface area contributed by atoms with E-state index in [1.807, 2.05) is 32.0 Å². The second kappa shape index (κ2) is 6.00. The molecule has 0 aliphatic carbocycles. The molecule has 1 aromatic rings. The van der Waals surface area contributed by atoms with Gasteiger partial charge in [0.15, 0.2) is 0 Å². The van der Waals surface area contributed by atoms with Crippen LogP contribution in [0.2, 0.25) is 0 Å². The van der Waals surface area contributed by atoms with Crippen molar-refractivity contribution in [3.05, 3.63) is 47.5 Å². The summed E-state index contributed by atoms with van der Waals surface area (Å²) in [5.41, 5.74) is 2.19. The first-order valence-electron chi connectivity index (χ1n) is 5.68. The van der Waals surface area contributed by atoms with E-state index in [1.54, 1.807) is 0 Å². The molecule has 4 nitrogen and oxygen atoms in total. The van der Waals surface area contributed by atoms with Gasteiger partial charge in [0, 0.05) is 5.56 Å². The Kier molecular flexibility index (Phi) is 4.66. The van der Waals surface area contributed by atoms with E-state index in [9.17, 15) is 9.59 Å². The highest BCUT2D eigenvalue weighted by Gasteiger charge is 2.20. The van der Waals surface area contributed by atoms with Crippen molar-refractivity contribution < 1.29 is 14.7 Å². The Labute approximate surface area is 106 Å². The first-order valence-corrected chi connectivity index (χ1v) is 5.68. The lowest BCUT2D eigenvalue weighted by Crippen LogP contribution is -2.40. The lowest BCUT2D eigenvalue weighted by Gasteiger charge is -2.15. The maximum absolute atomic E-state index is 12.1. The minimum absolute atomic E-state index is 0.200. The fourth-order valence-electron chi connectivity index (χ4n) is 1.79. The van der Waals surface area contributed by atoms with Crippen molar-refractivity contribution in [2.75, 3.05) is 0 Å². The Morgan fingerprint density at radius 1 is 1.39 bits per heavy atom. The maximum Gasteiger partial charge on any atom is 0.326 e. The summed E-state index contributed by atoms with van der Waals surface area (Å²) in [6.07, 6.45) is 1.68. The number of benzene rings is 1. The topological polar surface area (TPSA) is 66.4 Å². The van der Waals surface area contributed by atoms with Crippen molar-refractivity contribution in [3.8, 4) is 0 Å². The largest absolute Gasteiger partial charge is 0.480 e. The maximum atomic E-state index is 12.1. The number of nitrogens with one attached hydrogen (secondary N) is 1. The molecule has 1 aromatic carbocycles. The normalized spacial score (nSPS) is 11.7. The zero-order valence-corrected chi connectivity index (χ0v) is 10.6. The van der Waals surface area contributed by atoms with Crippen LogP contribution in [0, 0.1) is 13.8 Å². The van der Waals surface area contributed by atoms with Crippen molar-refractivity contribution >= 4 is 11.9 Å². The van der Waals surface area contributed by atoms with Crippen LogP contribution in [0.3, 0.4) is 0 Å². The first kappa shape index (κ1) is 14.0. The third-order valence-electron chi connectivity index (χ3n) is 2.71. The quantitative estimate of drug-likeness (QED) is 0.783. The smallest absolute Gasteiger partial charge is 0.326 e. The Hall–Kier alpha value is -2.10. The Morgan fingerprint density at radius 2 is 1.94 bits per heavy atom. The van der Waals surface area contributed by atoms with Crippen molar-refractivity contribution in [1.82, 2.24) is 5.32 Å². The van der Waals surface area contributed by atoms with Crippen molar-refractivity contribution in [2.24, 2.45) is 0 Å². The van der Waals surface area contributed by atoms with Gasteiger partial charge in [0.2, 0.25) is 0 Å². The molecule has 1 amide bonds. The highest BCUT2D eigenvalue weighted by molar-refractivity contribution is 5.99. The molecule has 0 aromatic heterocycles. The Bertz CT molecular complexity index is 460. The number of carbonyl (C=O) groups excluding carboxylic acids is 1. The molecule has 4 heteroatoms. The summed E-state index contributed by atoms with van der Waals surface area (Å²) in [6.45, 7) is 7.13. The van der Waals surface area contributed by atoms with Crippen LogP contribution < -0.4 is 5.32 Å². The van der Waals surface area contributed by atoms with Gasteiger partial charge in [-0.3, -0.25) is 4.79 Å². The molecule has 0 saturated heterocycles. The number of rotatable bonds is 5. The van der Waals surface area contributed by atoms with E-state index in [-0.39, 0.29) is 12.3 Å². The molecule has 2 N–H and O–H groups in total. The van der Waals surface area contributed by atoms with Crippen LogP contribution in [0.25, 0.3) is 0 Å². The average Bonchev–Trinajstić information content (AvgIpc) is 2.28. The number of aliphatic carboxylic acids is 1. The number of carbonyl (C=O) groups is 2. The van der Waals surface area contributed by atoms with Crippen LogP contribution in [-0.2, 0) is 4.79 Å². The number of carboxylic acid groups (broad SMARTS) is 1. The molecule has 1 rings (SSSR count). The molecule has 1 unspecified atom stereocenters. The lowest BCUT2D eigenvalue weighted by molar-refractivity contribution is -0.139. The van der Waals surface area contributed by atoms with Gasteiger partial charge in [-0.25, -0.2) is 4.79 Å². The molecular formula is C14H17NO3. The van der Waals surface area contributed by atoms with E-state index in [1.165, 1.54) is 6.08 Å². The summed E-state index contributed by atoms with van der Waals surface area (Å²) in [7, 11) is 0. The van der Waals surface area contributed by atoms with E-state index in [0.717, 1.165) is 11.1 Å². The minimum Gasteiger partial charge on any atom is -0.480 e. The lowest BCUT2D eigenvalue weighted by atomic mass is 10.0. The molecule has 0 saturated carbocycles. The zero-order valence-electron chi connectivity index (χ0n) is 10.6. The summed E-state index contributed by atoms with van der Waals surface area (Å²) in [6, 6.07) is 4.57. The molecule has 1 atom stereocenters. The van der Waals surface area contributed by atoms with E-state index < -0.39 is 12.0 Å². The Morgan fingerprint density at radius 3 is 2.39 bits per heavy atom. The average molecular weight is 247 g/mol.